The first-order valence-corrected chi connectivity index (χ1v) is 7.15. The molecule has 120 valence electrons. The summed E-state index contributed by atoms with van der Waals surface area (Å²) in [6.07, 6.45) is 3.45. The highest BCUT2D eigenvalue weighted by atomic mass is 16.6. The number of para-hydroxylation sites is 1. The fourth-order valence-electron chi connectivity index (χ4n) is 1.62. The number of esters is 2. The average Bonchev–Trinajstić information content (AvgIpc) is 2.52. The number of carbonyl (C=O) groups is 3. The average molecular weight is 308 g/mol. The van der Waals surface area contributed by atoms with E-state index < -0.39 is 18.5 Å². The van der Waals surface area contributed by atoms with Gasteiger partial charge in [-0.1, -0.05) is 31.9 Å². The molecule has 0 aliphatic rings. The molecule has 1 aromatic carbocycles. The summed E-state index contributed by atoms with van der Waals surface area (Å²) >= 11 is 0. The molecule has 0 fully saturated rings. The number of unbranched alkanes of at least 4 members (excludes halogenated alkanes) is 2. The Morgan fingerprint density at radius 1 is 1.09 bits per heavy atom. The van der Waals surface area contributed by atoms with Crippen molar-refractivity contribution in [2.75, 3.05) is 19.8 Å². The van der Waals surface area contributed by atoms with Gasteiger partial charge < -0.3 is 14.2 Å². The molecular weight excluding hydrogens is 288 g/mol. The van der Waals surface area contributed by atoms with E-state index in [0.29, 0.717) is 12.9 Å². The van der Waals surface area contributed by atoms with Crippen LogP contribution in [0.4, 0.5) is 0 Å². The summed E-state index contributed by atoms with van der Waals surface area (Å²) in [6.45, 7) is 1.71. The van der Waals surface area contributed by atoms with Gasteiger partial charge in [0.25, 0.3) is 0 Å². The lowest BCUT2D eigenvalue weighted by Crippen LogP contribution is -2.20. The molecule has 0 saturated carbocycles. The maximum atomic E-state index is 11.5. The molecule has 22 heavy (non-hydrogen) atoms. The van der Waals surface area contributed by atoms with Crippen LogP contribution in [0.1, 0.15) is 36.5 Å². The Bertz CT molecular complexity index is 497. The van der Waals surface area contributed by atoms with E-state index in [1.807, 2.05) is 0 Å². The van der Waals surface area contributed by atoms with Gasteiger partial charge in [0.2, 0.25) is 0 Å². The molecule has 0 aromatic heterocycles. The van der Waals surface area contributed by atoms with Crippen molar-refractivity contribution in [2.24, 2.45) is 0 Å². The number of benzene rings is 1. The van der Waals surface area contributed by atoms with Crippen molar-refractivity contribution in [3.8, 4) is 5.75 Å². The van der Waals surface area contributed by atoms with Gasteiger partial charge in [-0.15, -0.1) is 0 Å². The Kier molecular flexibility index (Phi) is 8.52. The monoisotopic (exact) mass is 308 g/mol. The second-order valence-corrected chi connectivity index (χ2v) is 4.55. The smallest absolute Gasteiger partial charge is 0.337 e. The van der Waals surface area contributed by atoms with Crippen molar-refractivity contribution in [2.45, 2.75) is 26.2 Å². The second kappa shape index (κ2) is 10.5. The van der Waals surface area contributed by atoms with E-state index in [1.165, 1.54) is 12.1 Å². The molecule has 1 rings (SSSR count). The molecule has 0 unspecified atom stereocenters. The summed E-state index contributed by atoms with van der Waals surface area (Å²) in [5.41, 5.74) is 0.270. The molecule has 0 amide bonds. The number of ether oxygens (including phenoxy) is 3. The molecule has 0 N–H and O–H groups in total. The van der Waals surface area contributed by atoms with Gasteiger partial charge in [0.1, 0.15) is 19.0 Å². The van der Waals surface area contributed by atoms with Crippen LogP contribution in [0.5, 0.6) is 5.75 Å². The van der Waals surface area contributed by atoms with Crippen molar-refractivity contribution >= 4 is 18.2 Å². The molecule has 0 bridgehead atoms. The first kappa shape index (κ1) is 17.8. The number of hydrogen-bond acceptors (Lipinski definition) is 6. The molecule has 0 aliphatic heterocycles. The van der Waals surface area contributed by atoms with Gasteiger partial charge in [0.15, 0.2) is 6.29 Å². The van der Waals surface area contributed by atoms with Crippen LogP contribution in [-0.4, -0.2) is 38.0 Å². The zero-order valence-corrected chi connectivity index (χ0v) is 12.6. The van der Waals surface area contributed by atoms with E-state index in [-0.39, 0.29) is 17.9 Å². The standard InChI is InChI=1S/C16H20O6/c1-2-3-6-9-21-15(18)11-20-12-16(19)22-14-8-5-4-7-13(14)10-17/h4-5,7-8,10H,2-3,6,9,11-12H2,1H3. The van der Waals surface area contributed by atoms with Crippen molar-refractivity contribution in [1.82, 2.24) is 0 Å². The van der Waals surface area contributed by atoms with Gasteiger partial charge in [-0.3, -0.25) is 4.79 Å². The Morgan fingerprint density at radius 3 is 2.55 bits per heavy atom. The summed E-state index contributed by atoms with van der Waals surface area (Å²) in [5, 5.41) is 0. The normalized spacial score (nSPS) is 10.0. The predicted molar refractivity (Wildman–Crippen MR) is 78.8 cm³/mol. The van der Waals surface area contributed by atoms with Crippen LogP contribution in [-0.2, 0) is 19.1 Å². The summed E-state index contributed by atoms with van der Waals surface area (Å²) in [6, 6.07) is 6.34. The highest BCUT2D eigenvalue weighted by molar-refractivity contribution is 5.82. The van der Waals surface area contributed by atoms with Gasteiger partial charge in [0.05, 0.1) is 12.2 Å². The first-order valence-electron chi connectivity index (χ1n) is 7.15. The second-order valence-electron chi connectivity index (χ2n) is 4.55. The molecule has 6 heteroatoms. The van der Waals surface area contributed by atoms with E-state index in [9.17, 15) is 14.4 Å². The summed E-state index contributed by atoms with van der Waals surface area (Å²) in [7, 11) is 0. The third kappa shape index (κ3) is 6.99. The minimum atomic E-state index is -0.687. The highest BCUT2D eigenvalue weighted by Gasteiger charge is 2.10. The van der Waals surface area contributed by atoms with Crippen molar-refractivity contribution in [1.29, 1.82) is 0 Å². The summed E-state index contributed by atoms with van der Waals surface area (Å²) in [4.78, 5) is 33.6. The van der Waals surface area contributed by atoms with Gasteiger partial charge >= 0.3 is 11.9 Å². The number of aldehydes is 1. The van der Waals surface area contributed by atoms with Gasteiger partial charge in [-0.05, 0) is 18.6 Å². The van der Waals surface area contributed by atoms with Crippen LogP contribution in [0.15, 0.2) is 24.3 Å². The largest absolute Gasteiger partial charge is 0.464 e. The van der Waals surface area contributed by atoms with E-state index in [4.69, 9.17) is 14.2 Å². The van der Waals surface area contributed by atoms with Crippen LogP contribution in [0.2, 0.25) is 0 Å². The number of carbonyl (C=O) groups excluding carboxylic acids is 3. The Morgan fingerprint density at radius 2 is 1.82 bits per heavy atom. The third-order valence-electron chi connectivity index (χ3n) is 2.72. The quantitative estimate of drug-likeness (QED) is 0.285. The van der Waals surface area contributed by atoms with E-state index in [1.54, 1.807) is 12.1 Å². The molecule has 0 radical (unpaired) electrons. The Labute approximate surface area is 129 Å². The Balaban J connectivity index is 2.23. The van der Waals surface area contributed by atoms with Crippen molar-refractivity contribution in [3.05, 3.63) is 29.8 Å². The molecule has 0 atom stereocenters. The first-order chi connectivity index (χ1) is 10.7. The number of rotatable bonds is 10. The van der Waals surface area contributed by atoms with Crippen LogP contribution in [0.25, 0.3) is 0 Å². The zero-order valence-electron chi connectivity index (χ0n) is 12.6. The molecule has 0 saturated heterocycles. The lowest BCUT2D eigenvalue weighted by Gasteiger charge is -2.07. The molecule has 0 spiro atoms. The molecule has 0 aliphatic carbocycles. The minimum Gasteiger partial charge on any atom is -0.464 e. The van der Waals surface area contributed by atoms with E-state index in [0.717, 1.165) is 19.3 Å². The summed E-state index contributed by atoms with van der Waals surface area (Å²) in [5.74, 6) is -1.04. The van der Waals surface area contributed by atoms with Crippen LogP contribution < -0.4 is 4.74 Å². The Hall–Kier alpha value is -2.21. The van der Waals surface area contributed by atoms with Crippen LogP contribution in [0.3, 0.4) is 0 Å². The lowest BCUT2D eigenvalue weighted by molar-refractivity contribution is -0.152. The van der Waals surface area contributed by atoms with Gasteiger partial charge in [0, 0.05) is 0 Å². The van der Waals surface area contributed by atoms with Gasteiger partial charge in [-0.25, -0.2) is 9.59 Å². The van der Waals surface area contributed by atoms with Crippen molar-refractivity contribution in [3.63, 3.8) is 0 Å². The molecule has 1 aromatic rings. The SMILES string of the molecule is CCCCCOC(=O)COCC(=O)Oc1ccccc1C=O. The maximum Gasteiger partial charge on any atom is 0.337 e. The molecule has 0 heterocycles. The number of hydrogen-bond donors (Lipinski definition) is 0. The predicted octanol–water partition coefficient (Wildman–Crippen LogP) is 2.15. The van der Waals surface area contributed by atoms with Crippen LogP contribution >= 0.6 is 0 Å². The molecular formula is C16H20O6. The fraction of sp³-hybridized carbons (Fsp3) is 0.438. The van der Waals surface area contributed by atoms with E-state index >= 15 is 0 Å². The lowest BCUT2D eigenvalue weighted by atomic mass is 10.2. The van der Waals surface area contributed by atoms with Crippen LogP contribution in [0, 0.1) is 0 Å². The topological polar surface area (TPSA) is 78.9 Å². The third-order valence-corrected chi connectivity index (χ3v) is 2.72. The fourth-order valence-corrected chi connectivity index (χ4v) is 1.62. The summed E-state index contributed by atoms with van der Waals surface area (Å²) < 4.78 is 14.8. The van der Waals surface area contributed by atoms with E-state index in [2.05, 4.69) is 6.92 Å². The van der Waals surface area contributed by atoms with Crippen molar-refractivity contribution < 1.29 is 28.6 Å². The molecule has 6 nitrogen and oxygen atoms in total. The highest BCUT2D eigenvalue weighted by Crippen LogP contribution is 2.15. The minimum absolute atomic E-state index is 0.160. The van der Waals surface area contributed by atoms with Gasteiger partial charge in [-0.2, -0.15) is 0 Å². The zero-order chi connectivity index (χ0) is 16.2. The maximum absolute atomic E-state index is 11.5.